The fourth-order valence-electron chi connectivity index (χ4n) is 4.56. The Hall–Kier alpha value is -2.21. The Kier molecular flexibility index (Phi) is 5.25. The highest BCUT2D eigenvalue weighted by Crippen LogP contribution is 2.36. The molecule has 1 N–H and O–H groups in total. The Morgan fingerprint density at radius 2 is 1.93 bits per heavy atom. The summed E-state index contributed by atoms with van der Waals surface area (Å²) in [5.74, 6) is 0.764. The van der Waals surface area contributed by atoms with Crippen molar-refractivity contribution in [3.63, 3.8) is 0 Å². The summed E-state index contributed by atoms with van der Waals surface area (Å²) in [5, 5.41) is 10.8. The molecule has 2 aliphatic heterocycles. The van der Waals surface area contributed by atoms with Gasteiger partial charge in [0.15, 0.2) is 0 Å². The molecule has 0 bridgehead atoms. The minimum atomic E-state index is -0.176. The quantitative estimate of drug-likeness (QED) is 0.884. The molecule has 0 radical (unpaired) electrons. The molecule has 1 amide bonds. The van der Waals surface area contributed by atoms with Crippen molar-refractivity contribution >= 4 is 17.1 Å². The van der Waals surface area contributed by atoms with Gasteiger partial charge in [-0.05, 0) is 69.8 Å². The predicted octanol–water partition coefficient (Wildman–Crippen LogP) is 3.94. The molecular formula is C21H28N2O4. The van der Waals surface area contributed by atoms with Gasteiger partial charge in [-0.25, -0.2) is 4.79 Å². The molecule has 0 atom stereocenters. The van der Waals surface area contributed by atoms with Gasteiger partial charge < -0.3 is 24.1 Å². The summed E-state index contributed by atoms with van der Waals surface area (Å²) in [6.45, 7) is 6.00. The number of carbonyl (C=O) groups is 1. The van der Waals surface area contributed by atoms with Gasteiger partial charge in [-0.1, -0.05) is 0 Å². The number of ether oxygens (including phenoxy) is 1. The molecule has 0 aliphatic carbocycles. The minimum absolute atomic E-state index is 0.176. The number of carbonyl (C=O) groups excluding carboxylic acids is 1. The highest BCUT2D eigenvalue weighted by molar-refractivity contribution is 5.83. The number of phenolic OH excluding ortho intramolecular Hbond substituents is 1. The van der Waals surface area contributed by atoms with E-state index in [9.17, 15) is 9.90 Å². The maximum absolute atomic E-state index is 11.8. The summed E-state index contributed by atoms with van der Waals surface area (Å²) < 4.78 is 10.8. The van der Waals surface area contributed by atoms with Gasteiger partial charge in [0.25, 0.3) is 0 Å². The number of amides is 1. The molecular weight excluding hydrogens is 344 g/mol. The van der Waals surface area contributed by atoms with E-state index in [-0.39, 0.29) is 11.8 Å². The average Bonchev–Trinajstić information content (AvgIpc) is 3.11. The number of hydrogen-bond donors (Lipinski definition) is 1. The van der Waals surface area contributed by atoms with Gasteiger partial charge >= 0.3 is 6.09 Å². The molecule has 146 valence electrons. The SMILES string of the molecule is CCOC(=O)N1CCC(N2CCC(c3coc4ccc(O)cc34)CC2)CC1. The van der Waals surface area contributed by atoms with Gasteiger partial charge in [-0.3, -0.25) is 0 Å². The van der Waals surface area contributed by atoms with Crippen molar-refractivity contribution in [2.45, 2.75) is 44.6 Å². The first kappa shape index (κ1) is 18.2. The maximum Gasteiger partial charge on any atom is 0.409 e. The zero-order valence-corrected chi connectivity index (χ0v) is 15.9. The van der Waals surface area contributed by atoms with Crippen molar-refractivity contribution in [1.29, 1.82) is 0 Å². The van der Waals surface area contributed by atoms with Gasteiger partial charge in [0.2, 0.25) is 0 Å². The average molecular weight is 372 g/mol. The summed E-state index contributed by atoms with van der Waals surface area (Å²) >= 11 is 0. The van der Waals surface area contributed by atoms with Gasteiger partial charge in [0, 0.05) is 30.1 Å². The highest BCUT2D eigenvalue weighted by atomic mass is 16.6. The van der Waals surface area contributed by atoms with Crippen LogP contribution in [0.2, 0.25) is 0 Å². The smallest absolute Gasteiger partial charge is 0.409 e. The first-order chi connectivity index (χ1) is 13.2. The molecule has 6 nitrogen and oxygen atoms in total. The van der Waals surface area contributed by atoms with Crippen LogP contribution in [-0.4, -0.2) is 59.8 Å². The second-order valence-electron chi connectivity index (χ2n) is 7.60. The third-order valence-electron chi connectivity index (χ3n) is 6.06. The third kappa shape index (κ3) is 3.76. The van der Waals surface area contributed by atoms with E-state index in [0.717, 1.165) is 62.8 Å². The lowest BCUT2D eigenvalue weighted by Gasteiger charge is -2.41. The lowest BCUT2D eigenvalue weighted by atomic mass is 9.88. The molecule has 0 unspecified atom stereocenters. The molecule has 1 aromatic carbocycles. The van der Waals surface area contributed by atoms with Gasteiger partial charge in [-0.2, -0.15) is 0 Å². The lowest BCUT2D eigenvalue weighted by molar-refractivity contribution is 0.0663. The zero-order valence-electron chi connectivity index (χ0n) is 15.9. The van der Waals surface area contributed by atoms with Crippen LogP contribution in [0.5, 0.6) is 5.75 Å². The number of furan rings is 1. The molecule has 3 heterocycles. The van der Waals surface area contributed by atoms with Crippen molar-refractivity contribution in [2.24, 2.45) is 0 Å². The van der Waals surface area contributed by atoms with Crippen LogP contribution < -0.4 is 0 Å². The minimum Gasteiger partial charge on any atom is -0.508 e. The Morgan fingerprint density at radius 3 is 2.63 bits per heavy atom. The number of aromatic hydroxyl groups is 1. The topological polar surface area (TPSA) is 66.2 Å². The summed E-state index contributed by atoms with van der Waals surface area (Å²) in [6, 6.07) is 5.87. The van der Waals surface area contributed by atoms with Crippen molar-refractivity contribution in [1.82, 2.24) is 9.80 Å². The fraction of sp³-hybridized carbons (Fsp3) is 0.571. The Bertz CT molecular complexity index is 787. The van der Waals surface area contributed by atoms with E-state index in [0.29, 0.717) is 18.6 Å². The predicted molar refractivity (Wildman–Crippen MR) is 103 cm³/mol. The van der Waals surface area contributed by atoms with Crippen molar-refractivity contribution in [3.8, 4) is 5.75 Å². The summed E-state index contributed by atoms with van der Waals surface area (Å²) in [7, 11) is 0. The van der Waals surface area contributed by atoms with Crippen molar-refractivity contribution in [3.05, 3.63) is 30.0 Å². The number of piperidine rings is 2. The second-order valence-corrected chi connectivity index (χ2v) is 7.60. The normalized spacial score (nSPS) is 20.3. The first-order valence-electron chi connectivity index (χ1n) is 10.0. The standard InChI is InChI=1S/C21H28N2O4/c1-2-26-21(25)23-11-7-16(8-12-23)22-9-5-15(6-10-22)19-14-27-20-4-3-17(24)13-18(19)20/h3-4,13-16,24H,2,5-12H2,1H3. The summed E-state index contributed by atoms with van der Waals surface area (Å²) in [6.07, 6.45) is 5.93. The van der Waals surface area contributed by atoms with Crippen molar-refractivity contribution in [2.75, 3.05) is 32.8 Å². The van der Waals surface area contributed by atoms with E-state index in [1.54, 1.807) is 6.07 Å². The number of nitrogens with zero attached hydrogens (tertiary/aromatic N) is 2. The molecule has 2 aliphatic rings. The van der Waals surface area contributed by atoms with Crippen LogP contribution in [0.25, 0.3) is 11.0 Å². The van der Waals surface area contributed by atoms with E-state index in [1.807, 2.05) is 30.2 Å². The van der Waals surface area contributed by atoms with E-state index in [1.165, 1.54) is 5.56 Å². The Balaban J connectivity index is 1.33. The van der Waals surface area contributed by atoms with Crippen LogP contribution in [-0.2, 0) is 4.74 Å². The van der Waals surface area contributed by atoms with Gasteiger partial charge in [-0.15, -0.1) is 0 Å². The van der Waals surface area contributed by atoms with Crippen LogP contribution in [0.4, 0.5) is 4.79 Å². The van der Waals surface area contributed by atoms with E-state index in [2.05, 4.69) is 4.90 Å². The lowest BCUT2D eigenvalue weighted by Crippen LogP contribution is -2.48. The molecule has 1 aromatic heterocycles. The van der Waals surface area contributed by atoms with Crippen LogP contribution in [0.1, 0.15) is 44.1 Å². The van der Waals surface area contributed by atoms with Crippen LogP contribution >= 0.6 is 0 Å². The number of fused-ring (bicyclic) bond motifs is 1. The van der Waals surface area contributed by atoms with Crippen LogP contribution in [0.3, 0.4) is 0 Å². The number of hydrogen-bond acceptors (Lipinski definition) is 5. The van der Waals surface area contributed by atoms with Crippen LogP contribution in [0, 0.1) is 0 Å². The van der Waals surface area contributed by atoms with E-state index < -0.39 is 0 Å². The van der Waals surface area contributed by atoms with E-state index >= 15 is 0 Å². The van der Waals surface area contributed by atoms with Gasteiger partial charge in [0.1, 0.15) is 11.3 Å². The van der Waals surface area contributed by atoms with Crippen LogP contribution in [0.15, 0.2) is 28.9 Å². The molecule has 0 saturated carbocycles. The zero-order chi connectivity index (χ0) is 18.8. The van der Waals surface area contributed by atoms with E-state index in [4.69, 9.17) is 9.15 Å². The third-order valence-corrected chi connectivity index (χ3v) is 6.06. The molecule has 0 spiro atoms. The number of phenols is 1. The first-order valence-corrected chi connectivity index (χ1v) is 10.0. The fourth-order valence-corrected chi connectivity index (χ4v) is 4.56. The number of benzene rings is 1. The molecule has 4 rings (SSSR count). The summed E-state index contributed by atoms with van der Waals surface area (Å²) in [5.41, 5.74) is 2.06. The monoisotopic (exact) mass is 372 g/mol. The molecule has 27 heavy (non-hydrogen) atoms. The maximum atomic E-state index is 11.8. The largest absolute Gasteiger partial charge is 0.508 e. The number of likely N-dealkylation sites (tertiary alicyclic amines) is 2. The highest BCUT2D eigenvalue weighted by Gasteiger charge is 2.31. The Morgan fingerprint density at radius 1 is 1.19 bits per heavy atom. The second kappa shape index (κ2) is 7.80. The molecule has 2 aromatic rings. The summed E-state index contributed by atoms with van der Waals surface area (Å²) in [4.78, 5) is 16.3. The number of rotatable bonds is 3. The Labute approximate surface area is 159 Å². The van der Waals surface area contributed by atoms with Gasteiger partial charge in [0.05, 0.1) is 12.9 Å². The molecule has 2 fully saturated rings. The molecule has 6 heteroatoms. The van der Waals surface area contributed by atoms with Crippen molar-refractivity contribution < 1.29 is 19.1 Å². The molecule has 2 saturated heterocycles.